The fourth-order valence-corrected chi connectivity index (χ4v) is 1.78. The van der Waals surface area contributed by atoms with E-state index in [0.717, 1.165) is 0 Å². The Morgan fingerprint density at radius 1 is 1.38 bits per heavy atom. The van der Waals surface area contributed by atoms with E-state index in [0.29, 0.717) is 5.69 Å². The lowest BCUT2D eigenvalue weighted by Crippen LogP contribution is -2.44. The maximum Gasteiger partial charge on any atom is 0.408 e. The molecule has 2 N–H and O–H groups in total. The summed E-state index contributed by atoms with van der Waals surface area (Å²) in [6.07, 6.45) is -0.401. The van der Waals surface area contributed by atoms with Crippen molar-refractivity contribution < 1.29 is 18.8 Å². The molecule has 0 saturated heterocycles. The fraction of sp³-hybridized carbons (Fsp3) is 0.625. The summed E-state index contributed by atoms with van der Waals surface area (Å²) >= 11 is 0. The lowest BCUT2D eigenvalue weighted by atomic mass is 10.0. The number of ether oxygens (including phenoxy) is 1. The number of carbonyl (C=O) groups is 2. The Bertz CT molecular complexity index is 637. The molecule has 1 aromatic rings. The van der Waals surface area contributed by atoms with E-state index in [9.17, 15) is 9.59 Å². The van der Waals surface area contributed by atoms with Crippen LogP contribution in [0.25, 0.3) is 0 Å². The summed E-state index contributed by atoms with van der Waals surface area (Å²) in [6.45, 7) is 10.4. The Morgan fingerprint density at radius 2 is 2.00 bits per heavy atom. The molecule has 8 heteroatoms. The van der Waals surface area contributed by atoms with Gasteiger partial charge in [-0.05, 0) is 41.5 Å². The van der Waals surface area contributed by atoms with E-state index in [1.165, 1.54) is 6.07 Å². The molecule has 0 radical (unpaired) electrons. The molecule has 0 bridgehead atoms. The zero-order chi connectivity index (χ0) is 18.5. The Morgan fingerprint density at radius 3 is 2.54 bits per heavy atom. The summed E-state index contributed by atoms with van der Waals surface area (Å²) in [5.74, 6) is -0.460. The summed E-state index contributed by atoms with van der Waals surface area (Å²) in [4.78, 5) is 23.9. The van der Waals surface area contributed by atoms with Crippen LogP contribution in [-0.4, -0.2) is 28.8 Å². The highest BCUT2D eigenvalue weighted by Gasteiger charge is 2.30. The second-order valence-electron chi connectivity index (χ2n) is 7.07. The molecule has 2 amide bonds. The molecule has 0 saturated carbocycles. The molecule has 0 aliphatic heterocycles. The van der Waals surface area contributed by atoms with Gasteiger partial charge < -0.3 is 19.9 Å². The highest BCUT2D eigenvalue weighted by atomic mass is 16.6. The standard InChI is InChI=1S/C16H24N4O4/c1-10(7-8-17)18-13(21)11-9-12(20-24-11)16(5,6)19-14(22)23-15(2,3)4/h9-10H,7H2,1-6H3,(H,18,21)(H,19,22)/t10-/m1/s1. The first-order chi connectivity index (χ1) is 10.9. The Balaban J connectivity index is 2.77. The van der Waals surface area contributed by atoms with Crippen molar-refractivity contribution in [1.82, 2.24) is 15.8 Å². The monoisotopic (exact) mass is 336 g/mol. The first-order valence-electron chi connectivity index (χ1n) is 7.61. The SMILES string of the molecule is C[C@H](CC#N)NC(=O)c1cc(C(C)(C)NC(=O)OC(C)(C)C)no1. The van der Waals surface area contributed by atoms with Crippen LogP contribution in [0.3, 0.4) is 0 Å². The number of alkyl carbamates (subject to hydrolysis) is 1. The van der Waals surface area contributed by atoms with Crippen LogP contribution in [0.5, 0.6) is 0 Å². The topological polar surface area (TPSA) is 117 Å². The number of amides is 2. The summed E-state index contributed by atoms with van der Waals surface area (Å²) in [6, 6.07) is 3.12. The van der Waals surface area contributed by atoms with Crippen LogP contribution in [0.4, 0.5) is 4.79 Å². The van der Waals surface area contributed by atoms with Gasteiger partial charge in [-0.15, -0.1) is 0 Å². The maximum atomic E-state index is 12.0. The van der Waals surface area contributed by atoms with Gasteiger partial charge in [0, 0.05) is 12.1 Å². The van der Waals surface area contributed by atoms with Crippen molar-refractivity contribution in [3.63, 3.8) is 0 Å². The Labute approximate surface area is 141 Å². The van der Waals surface area contributed by atoms with Gasteiger partial charge in [0.15, 0.2) is 0 Å². The Hall–Kier alpha value is -2.56. The van der Waals surface area contributed by atoms with Crippen molar-refractivity contribution in [1.29, 1.82) is 5.26 Å². The minimum Gasteiger partial charge on any atom is -0.444 e. The van der Waals surface area contributed by atoms with E-state index < -0.39 is 23.1 Å². The smallest absolute Gasteiger partial charge is 0.408 e. The quantitative estimate of drug-likeness (QED) is 0.853. The van der Waals surface area contributed by atoms with Crippen LogP contribution in [-0.2, 0) is 10.3 Å². The van der Waals surface area contributed by atoms with Crippen molar-refractivity contribution in [2.45, 2.75) is 65.1 Å². The van der Waals surface area contributed by atoms with E-state index in [1.54, 1.807) is 41.5 Å². The number of nitriles is 1. The van der Waals surface area contributed by atoms with Crippen LogP contribution in [0.1, 0.15) is 64.2 Å². The number of carbonyl (C=O) groups excluding carboxylic acids is 2. The first kappa shape index (κ1) is 19.5. The third-order valence-corrected chi connectivity index (χ3v) is 2.96. The third kappa shape index (κ3) is 5.91. The van der Waals surface area contributed by atoms with Crippen molar-refractivity contribution in [2.24, 2.45) is 0 Å². The van der Waals surface area contributed by atoms with E-state index >= 15 is 0 Å². The van der Waals surface area contributed by atoms with Gasteiger partial charge in [-0.2, -0.15) is 5.26 Å². The largest absolute Gasteiger partial charge is 0.444 e. The molecule has 0 aliphatic carbocycles. The summed E-state index contributed by atoms with van der Waals surface area (Å²) in [7, 11) is 0. The van der Waals surface area contributed by atoms with Crippen LogP contribution in [0.2, 0.25) is 0 Å². The predicted molar refractivity (Wildman–Crippen MR) is 86.1 cm³/mol. The average Bonchev–Trinajstić information content (AvgIpc) is 2.85. The second kappa shape index (κ2) is 7.34. The van der Waals surface area contributed by atoms with Gasteiger partial charge >= 0.3 is 6.09 Å². The summed E-state index contributed by atoms with van der Waals surface area (Å²) in [5, 5.41) is 17.8. The summed E-state index contributed by atoms with van der Waals surface area (Å²) in [5.41, 5.74) is -1.12. The number of nitrogens with zero attached hydrogens (tertiary/aromatic N) is 2. The second-order valence-corrected chi connectivity index (χ2v) is 7.07. The minimum absolute atomic E-state index is 0.00820. The van der Waals surface area contributed by atoms with Crippen molar-refractivity contribution in [2.75, 3.05) is 0 Å². The molecule has 0 fully saturated rings. The number of aromatic nitrogens is 1. The first-order valence-corrected chi connectivity index (χ1v) is 7.61. The Kier molecular flexibility index (Phi) is 5.96. The van der Waals surface area contributed by atoms with Gasteiger partial charge in [0.1, 0.15) is 11.3 Å². The molecule has 1 heterocycles. The van der Waals surface area contributed by atoms with Crippen molar-refractivity contribution >= 4 is 12.0 Å². The minimum atomic E-state index is -0.886. The van der Waals surface area contributed by atoms with Gasteiger partial charge in [0.2, 0.25) is 5.76 Å². The molecule has 132 valence electrons. The lowest BCUT2D eigenvalue weighted by Gasteiger charge is -2.26. The highest BCUT2D eigenvalue weighted by molar-refractivity contribution is 5.91. The van der Waals surface area contributed by atoms with E-state index in [2.05, 4.69) is 15.8 Å². The summed E-state index contributed by atoms with van der Waals surface area (Å²) < 4.78 is 10.2. The molecule has 0 spiro atoms. The molecule has 1 aromatic heterocycles. The van der Waals surface area contributed by atoms with Crippen LogP contribution < -0.4 is 10.6 Å². The van der Waals surface area contributed by atoms with Gasteiger partial charge in [0.05, 0.1) is 18.0 Å². The molecule has 0 aliphatic rings. The molecule has 8 nitrogen and oxygen atoms in total. The van der Waals surface area contributed by atoms with E-state index in [1.807, 2.05) is 6.07 Å². The van der Waals surface area contributed by atoms with Gasteiger partial charge in [-0.1, -0.05) is 5.16 Å². The molecular weight excluding hydrogens is 312 g/mol. The van der Waals surface area contributed by atoms with Crippen molar-refractivity contribution in [3.05, 3.63) is 17.5 Å². The normalized spacial score (nSPS) is 12.9. The van der Waals surface area contributed by atoms with E-state index in [4.69, 9.17) is 14.5 Å². The number of rotatable bonds is 5. The zero-order valence-electron chi connectivity index (χ0n) is 14.9. The van der Waals surface area contributed by atoms with Gasteiger partial charge in [-0.3, -0.25) is 4.79 Å². The lowest BCUT2D eigenvalue weighted by molar-refractivity contribution is 0.0466. The fourth-order valence-electron chi connectivity index (χ4n) is 1.78. The predicted octanol–water partition coefficient (Wildman–Crippen LogP) is 2.47. The average molecular weight is 336 g/mol. The molecular formula is C16H24N4O4. The maximum absolute atomic E-state index is 12.0. The van der Waals surface area contributed by atoms with Crippen LogP contribution >= 0.6 is 0 Å². The number of hydrogen-bond donors (Lipinski definition) is 2. The molecule has 24 heavy (non-hydrogen) atoms. The van der Waals surface area contributed by atoms with Gasteiger partial charge in [-0.25, -0.2) is 4.79 Å². The third-order valence-electron chi connectivity index (χ3n) is 2.96. The molecule has 0 aromatic carbocycles. The number of nitrogens with one attached hydrogen (secondary N) is 2. The molecule has 0 unspecified atom stereocenters. The van der Waals surface area contributed by atoms with Gasteiger partial charge in [0.25, 0.3) is 5.91 Å². The van der Waals surface area contributed by atoms with Crippen molar-refractivity contribution in [3.8, 4) is 6.07 Å². The highest BCUT2D eigenvalue weighted by Crippen LogP contribution is 2.21. The van der Waals surface area contributed by atoms with E-state index in [-0.39, 0.29) is 18.2 Å². The molecule has 1 atom stereocenters. The molecule has 1 rings (SSSR count). The number of hydrogen-bond acceptors (Lipinski definition) is 6. The van der Waals surface area contributed by atoms with Crippen LogP contribution in [0.15, 0.2) is 10.6 Å². The zero-order valence-corrected chi connectivity index (χ0v) is 14.9. The van der Waals surface area contributed by atoms with Crippen LogP contribution in [0, 0.1) is 11.3 Å².